The number of rotatable bonds is 7. The zero-order valence-electron chi connectivity index (χ0n) is 15.7. The normalized spacial score (nSPS) is 14.1. The molecule has 6 nitrogen and oxygen atoms in total. The minimum Gasteiger partial charge on any atom is -0.467 e. The summed E-state index contributed by atoms with van der Waals surface area (Å²) < 4.78 is 10.8. The maximum Gasteiger partial charge on any atom is 0.228 e. The molecule has 1 aliphatic rings. The van der Waals surface area contributed by atoms with E-state index in [4.69, 9.17) is 20.5 Å². The summed E-state index contributed by atoms with van der Waals surface area (Å²) in [5, 5.41) is 4.72. The van der Waals surface area contributed by atoms with Gasteiger partial charge in [-0.05, 0) is 43.5 Å². The highest BCUT2D eigenvalue weighted by Crippen LogP contribution is 2.29. The van der Waals surface area contributed by atoms with Gasteiger partial charge in [0.05, 0.1) is 12.8 Å². The number of carbonyl (C=O) groups excluding carboxylic acids is 1. The number of hydrogen-bond acceptors (Lipinski definition) is 5. The van der Waals surface area contributed by atoms with Crippen molar-refractivity contribution in [3.05, 3.63) is 58.8 Å². The van der Waals surface area contributed by atoms with E-state index in [1.165, 1.54) is 0 Å². The van der Waals surface area contributed by atoms with Crippen molar-refractivity contribution in [3.63, 3.8) is 0 Å². The van der Waals surface area contributed by atoms with Crippen LogP contribution in [0.4, 0.5) is 0 Å². The average Bonchev–Trinajstić information content (AvgIpc) is 3.31. The summed E-state index contributed by atoms with van der Waals surface area (Å²) in [6.45, 7) is 2.91. The van der Waals surface area contributed by atoms with Crippen LogP contribution in [0.2, 0.25) is 5.02 Å². The second-order valence-corrected chi connectivity index (χ2v) is 7.60. The Morgan fingerprint density at radius 2 is 2.18 bits per heavy atom. The average molecular weight is 400 g/mol. The monoisotopic (exact) mass is 399 g/mol. The molecule has 0 radical (unpaired) electrons. The van der Waals surface area contributed by atoms with E-state index in [1.54, 1.807) is 6.26 Å². The molecule has 0 saturated heterocycles. The van der Waals surface area contributed by atoms with Gasteiger partial charge in [-0.3, -0.25) is 4.79 Å². The Morgan fingerprint density at radius 1 is 1.32 bits per heavy atom. The Kier molecular flexibility index (Phi) is 5.48. The molecule has 1 saturated carbocycles. The van der Waals surface area contributed by atoms with E-state index in [-0.39, 0.29) is 11.8 Å². The first-order chi connectivity index (χ1) is 13.6. The summed E-state index contributed by atoms with van der Waals surface area (Å²) >= 11 is 6.19. The number of halogens is 1. The fourth-order valence-corrected chi connectivity index (χ4v) is 3.39. The molecule has 0 atom stereocenters. The first-order valence-corrected chi connectivity index (χ1v) is 9.88. The van der Waals surface area contributed by atoms with Crippen LogP contribution in [-0.2, 0) is 17.8 Å². The molecule has 1 fully saturated rings. The van der Waals surface area contributed by atoms with Crippen LogP contribution in [0.25, 0.3) is 11.4 Å². The Labute approximate surface area is 168 Å². The van der Waals surface area contributed by atoms with Gasteiger partial charge in [0.1, 0.15) is 5.76 Å². The highest BCUT2D eigenvalue weighted by atomic mass is 35.5. The SMILES string of the molecule is Cc1ccc(-c2noc(CCN(Cc3ccco3)C(=O)C3CCC3)n2)cc1Cl. The molecular formula is C21H22ClN3O3. The Balaban J connectivity index is 1.44. The fraction of sp³-hybridized carbons (Fsp3) is 0.381. The van der Waals surface area contributed by atoms with Gasteiger partial charge in [-0.15, -0.1) is 0 Å². The summed E-state index contributed by atoms with van der Waals surface area (Å²) in [6.07, 6.45) is 5.17. The van der Waals surface area contributed by atoms with Gasteiger partial charge in [0, 0.05) is 29.5 Å². The maximum atomic E-state index is 12.8. The van der Waals surface area contributed by atoms with Gasteiger partial charge in [0.25, 0.3) is 0 Å². The van der Waals surface area contributed by atoms with Crippen LogP contribution in [0.1, 0.15) is 36.5 Å². The molecule has 1 aliphatic carbocycles. The van der Waals surface area contributed by atoms with Gasteiger partial charge < -0.3 is 13.8 Å². The molecule has 2 heterocycles. The van der Waals surface area contributed by atoms with E-state index in [0.717, 1.165) is 36.1 Å². The standard InChI is InChI=1S/C21H22ClN3O3/c1-14-7-8-16(12-18(14)22)20-23-19(28-24-20)9-10-25(13-17-6-3-11-27-17)21(26)15-4-2-5-15/h3,6-8,11-12,15H,2,4-5,9-10,13H2,1H3. The topological polar surface area (TPSA) is 72.4 Å². The quantitative estimate of drug-likeness (QED) is 0.577. The first kappa shape index (κ1) is 18.7. The Hall–Kier alpha value is -2.60. The van der Waals surface area contributed by atoms with Crippen molar-refractivity contribution in [1.82, 2.24) is 15.0 Å². The number of furan rings is 1. The third-order valence-corrected chi connectivity index (χ3v) is 5.59. The third kappa shape index (κ3) is 4.12. The van der Waals surface area contributed by atoms with Crippen LogP contribution in [0, 0.1) is 12.8 Å². The molecule has 0 N–H and O–H groups in total. The second kappa shape index (κ2) is 8.19. The van der Waals surface area contributed by atoms with Crippen molar-refractivity contribution < 1.29 is 13.7 Å². The minimum atomic E-state index is 0.128. The molecule has 0 aliphatic heterocycles. The van der Waals surface area contributed by atoms with E-state index < -0.39 is 0 Å². The number of nitrogens with zero attached hydrogens (tertiary/aromatic N) is 3. The summed E-state index contributed by atoms with van der Waals surface area (Å²) in [4.78, 5) is 19.1. The maximum absolute atomic E-state index is 12.8. The molecule has 0 unspecified atom stereocenters. The van der Waals surface area contributed by atoms with E-state index in [2.05, 4.69) is 10.1 Å². The summed E-state index contributed by atoms with van der Waals surface area (Å²) in [5.74, 6) is 2.07. The van der Waals surface area contributed by atoms with Gasteiger partial charge >= 0.3 is 0 Å². The van der Waals surface area contributed by atoms with Gasteiger partial charge in [0.15, 0.2) is 0 Å². The molecule has 2 aromatic heterocycles. The predicted octanol–water partition coefficient (Wildman–Crippen LogP) is 4.66. The Morgan fingerprint density at radius 3 is 2.86 bits per heavy atom. The summed E-state index contributed by atoms with van der Waals surface area (Å²) in [5.41, 5.74) is 1.81. The number of aryl methyl sites for hydroxylation is 1. The highest BCUT2D eigenvalue weighted by Gasteiger charge is 2.30. The number of aromatic nitrogens is 2. The molecule has 0 spiro atoms. The lowest BCUT2D eigenvalue weighted by Gasteiger charge is -2.31. The van der Waals surface area contributed by atoms with Crippen molar-refractivity contribution >= 4 is 17.5 Å². The zero-order valence-corrected chi connectivity index (χ0v) is 16.5. The van der Waals surface area contributed by atoms with Crippen molar-refractivity contribution in [2.45, 2.75) is 39.2 Å². The smallest absolute Gasteiger partial charge is 0.228 e. The molecule has 1 aromatic carbocycles. The number of amides is 1. The van der Waals surface area contributed by atoms with Crippen molar-refractivity contribution in [2.24, 2.45) is 5.92 Å². The van der Waals surface area contributed by atoms with Crippen LogP contribution >= 0.6 is 11.6 Å². The highest BCUT2D eigenvalue weighted by molar-refractivity contribution is 6.31. The van der Waals surface area contributed by atoms with E-state index in [9.17, 15) is 4.79 Å². The summed E-state index contributed by atoms with van der Waals surface area (Å²) in [7, 11) is 0. The van der Waals surface area contributed by atoms with Crippen LogP contribution in [-0.4, -0.2) is 27.5 Å². The zero-order chi connectivity index (χ0) is 19.5. The van der Waals surface area contributed by atoms with E-state index in [0.29, 0.717) is 36.2 Å². The van der Waals surface area contributed by atoms with Gasteiger partial charge in [-0.1, -0.05) is 35.3 Å². The molecular weight excluding hydrogens is 378 g/mol. The number of hydrogen-bond donors (Lipinski definition) is 0. The molecule has 4 rings (SSSR count). The minimum absolute atomic E-state index is 0.128. The van der Waals surface area contributed by atoms with E-state index in [1.807, 2.05) is 42.2 Å². The lowest BCUT2D eigenvalue weighted by Crippen LogP contribution is -2.39. The predicted molar refractivity (Wildman–Crippen MR) is 105 cm³/mol. The van der Waals surface area contributed by atoms with Gasteiger partial charge in [-0.25, -0.2) is 0 Å². The lowest BCUT2D eigenvalue weighted by molar-refractivity contribution is -0.139. The second-order valence-electron chi connectivity index (χ2n) is 7.19. The number of benzene rings is 1. The molecule has 7 heteroatoms. The van der Waals surface area contributed by atoms with Crippen LogP contribution in [0.3, 0.4) is 0 Å². The van der Waals surface area contributed by atoms with Crippen LogP contribution < -0.4 is 0 Å². The van der Waals surface area contributed by atoms with E-state index >= 15 is 0 Å². The number of carbonyl (C=O) groups is 1. The molecule has 28 heavy (non-hydrogen) atoms. The third-order valence-electron chi connectivity index (χ3n) is 5.19. The largest absolute Gasteiger partial charge is 0.467 e. The summed E-state index contributed by atoms with van der Waals surface area (Å²) in [6, 6.07) is 9.38. The molecule has 146 valence electrons. The fourth-order valence-electron chi connectivity index (χ4n) is 3.21. The van der Waals surface area contributed by atoms with Gasteiger partial charge in [-0.2, -0.15) is 4.98 Å². The Bertz CT molecular complexity index is 948. The van der Waals surface area contributed by atoms with Gasteiger partial charge in [0.2, 0.25) is 17.6 Å². The molecule has 1 amide bonds. The van der Waals surface area contributed by atoms with Crippen molar-refractivity contribution in [1.29, 1.82) is 0 Å². The first-order valence-electron chi connectivity index (χ1n) is 9.50. The lowest BCUT2D eigenvalue weighted by atomic mass is 9.84. The molecule has 3 aromatic rings. The van der Waals surface area contributed by atoms with Crippen LogP contribution in [0.5, 0.6) is 0 Å². The molecule has 0 bridgehead atoms. The van der Waals surface area contributed by atoms with Crippen molar-refractivity contribution in [3.8, 4) is 11.4 Å². The van der Waals surface area contributed by atoms with Crippen LogP contribution in [0.15, 0.2) is 45.5 Å². The van der Waals surface area contributed by atoms with Crippen molar-refractivity contribution in [2.75, 3.05) is 6.54 Å².